The van der Waals surface area contributed by atoms with E-state index in [2.05, 4.69) is 19.6 Å². The van der Waals surface area contributed by atoms with Crippen LogP contribution in [0.5, 0.6) is 0 Å². The molecule has 0 amide bonds. The molecule has 94 valence electrons. The van der Waals surface area contributed by atoms with Crippen molar-refractivity contribution in [3.63, 3.8) is 0 Å². The summed E-state index contributed by atoms with van der Waals surface area (Å²) >= 11 is 0. The Kier molecular flexibility index (Phi) is 3.18. The monoisotopic (exact) mass is 270 g/mol. The maximum Gasteiger partial charge on any atom is 0.297 e. The highest BCUT2D eigenvalue weighted by atomic mass is 32.2. The minimum absolute atomic E-state index is 0.0882. The van der Waals surface area contributed by atoms with Crippen LogP contribution in [0.4, 0.5) is 0 Å². The Morgan fingerprint density at radius 1 is 1.18 bits per heavy atom. The molecule has 17 heavy (non-hydrogen) atoms. The summed E-state index contributed by atoms with van der Waals surface area (Å²) in [5, 5.41) is 0.945. The summed E-state index contributed by atoms with van der Waals surface area (Å²) in [6, 6.07) is 7.22. The van der Waals surface area contributed by atoms with Gasteiger partial charge in [-0.1, -0.05) is 37.8 Å². The lowest BCUT2D eigenvalue weighted by atomic mass is 10.4. The topological polar surface area (TPSA) is 43.4 Å². The molecular weight excluding hydrogens is 252 g/mol. The van der Waals surface area contributed by atoms with Crippen LogP contribution in [0.1, 0.15) is 12.8 Å². The van der Waals surface area contributed by atoms with Crippen molar-refractivity contribution in [1.82, 2.24) is 0 Å². The third-order valence-electron chi connectivity index (χ3n) is 2.75. The molecule has 1 aliphatic carbocycles. The van der Waals surface area contributed by atoms with Gasteiger partial charge in [-0.05, 0) is 24.1 Å². The van der Waals surface area contributed by atoms with Crippen LogP contribution >= 0.6 is 0 Å². The molecule has 0 aromatic heterocycles. The average Bonchev–Trinajstić information content (AvgIpc) is 3.00. The van der Waals surface area contributed by atoms with Crippen LogP contribution in [0, 0.1) is 0 Å². The van der Waals surface area contributed by atoms with Gasteiger partial charge in [0.2, 0.25) is 0 Å². The molecule has 0 heterocycles. The third-order valence-corrected chi connectivity index (χ3v) is 6.40. The zero-order valence-electron chi connectivity index (χ0n) is 10.4. The van der Waals surface area contributed by atoms with E-state index in [0.29, 0.717) is 4.90 Å². The van der Waals surface area contributed by atoms with Crippen LogP contribution in [0.15, 0.2) is 29.2 Å². The van der Waals surface area contributed by atoms with Crippen molar-refractivity contribution in [3.8, 4) is 0 Å². The fourth-order valence-corrected chi connectivity index (χ4v) is 5.65. The van der Waals surface area contributed by atoms with Crippen molar-refractivity contribution in [2.45, 2.75) is 43.5 Å². The smallest absolute Gasteiger partial charge is 0.263 e. The molecule has 0 radical (unpaired) electrons. The molecule has 0 bridgehead atoms. The van der Waals surface area contributed by atoms with Crippen LogP contribution in [0.2, 0.25) is 19.6 Å². The average molecular weight is 270 g/mol. The summed E-state index contributed by atoms with van der Waals surface area (Å²) in [7, 11) is -5.25. The molecule has 0 aliphatic heterocycles. The SMILES string of the molecule is C[Si](C)(C)c1ccccc1S(=O)(=O)OC1CC1. The molecule has 2 rings (SSSR count). The van der Waals surface area contributed by atoms with E-state index in [0.717, 1.165) is 18.0 Å². The quantitative estimate of drug-likeness (QED) is 0.621. The summed E-state index contributed by atoms with van der Waals surface area (Å²) < 4.78 is 29.5. The van der Waals surface area contributed by atoms with Gasteiger partial charge in [0.1, 0.15) is 0 Å². The molecule has 1 fully saturated rings. The highest BCUT2D eigenvalue weighted by Crippen LogP contribution is 2.28. The van der Waals surface area contributed by atoms with Gasteiger partial charge < -0.3 is 0 Å². The van der Waals surface area contributed by atoms with Crippen molar-refractivity contribution in [2.75, 3.05) is 0 Å². The summed E-state index contributed by atoms with van der Waals surface area (Å²) in [5.74, 6) is 0. The Hall–Kier alpha value is -0.653. The number of benzene rings is 1. The molecular formula is C12H18O3SSi. The zero-order valence-corrected chi connectivity index (χ0v) is 12.3. The van der Waals surface area contributed by atoms with E-state index in [1.807, 2.05) is 12.1 Å². The first-order chi connectivity index (χ1) is 7.81. The maximum absolute atomic E-state index is 12.2. The second kappa shape index (κ2) is 4.22. The highest BCUT2D eigenvalue weighted by Gasteiger charge is 2.33. The molecule has 1 aromatic rings. The van der Waals surface area contributed by atoms with Gasteiger partial charge in [0.05, 0.1) is 19.1 Å². The van der Waals surface area contributed by atoms with Gasteiger partial charge in [0.25, 0.3) is 10.1 Å². The van der Waals surface area contributed by atoms with Gasteiger partial charge in [-0.2, -0.15) is 8.42 Å². The van der Waals surface area contributed by atoms with E-state index in [4.69, 9.17) is 4.18 Å². The number of hydrogen-bond donors (Lipinski definition) is 0. The molecule has 0 saturated heterocycles. The van der Waals surface area contributed by atoms with E-state index in [9.17, 15) is 8.42 Å². The Labute approximate surface area is 104 Å². The van der Waals surface area contributed by atoms with Crippen LogP contribution in [-0.4, -0.2) is 22.6 Å². The van der Waals surface area contributed by atoms with Crippen LogP contribution < -0.4 is 5.19 Å². The first kappa shape index (κ1) is 12.8. The van der Waals surface area contributed by atoms with E-state index in [-0.39, 0.29) is 6.10 Å². The molecule has 1 saturated carbocycles. The summed E-state index contributed by atoms with van der Waals surface area (Å²) in [4.78, 5) is 0.367. The van der Waals surface area contributed by atoms with Crippen molar-refractivity contribution in [2.24, 2.45) is 0 Å². The fraction of sp³-hybridized carbons (Fsp3) is 0.500. The summed E-state index contributed by atoms with van der Waals surface area (Å²) in [6.07, 6.45) is 1.62. The first-order valence-electron chi connectivity index (χ1n) is 5.83. The van der Waals surface area contributed by atoms with E-state index in [1.165, 1.54) is 0 Å². The Bertz CT molecular complexity index is 513. The lowest BCUT2D eigenvalue weighted by Crippen LogP contribution is -2.41. The fourth-order valence-electron chi connectivity index (χ4n) is 1.70. The van der Waals surface area contributed by atoms with Crippen LogP contribution in [0.3, 0.4) is 0 Å². The molecule has 3 nitrogen and oxygen atoms in total. The van der Waals surface area contributed by atoms with Gasteiger partial charge in [0, 0.05) is 0 Å². The Morgan fingerprint density at radius 2 is 1.76 bits per heavy atom. The summed E-state index contributed by atoms with van der Waals surface area (Å²) in [6.45, 7) is 6.41. The molecule has 0 atom stereocenters. The van der Waals surface area contributed by atoms with Crippen molar-refractivity contribution in [1.29, 1.82) is 0 Å². The normalized spacial score (nSPS) is 17.1. The second-order valence-corrected chi connectivity index (χ2v) is 12.1. The van der Waals surface area contributed by atoms with E-state index < -0.39 is 18.2 Å². The van der Waals surface area contributed by atoms with Gasteiger partial charge in [-0.3, -0.25) is 4.18 Å². The second-order valence-electron chi connectivity index (χ2n) is 5.50. The standard InChI is InChI=1S/C12H18O3SSi/c1-17(2,3)12-7-5-4-6-11(12)16(13,14)15-10-8-9-10/h4-7,10H,8-9H2,1-3H3. The van der Waals surface area contributed by atoms with Crippen molar-refractivity contribution >= 4 is 23.4 Å². The first-order valence-corrected chi connectivity index (χ1v) is 10.7. The summed E-state index contributed by atoms with van der Waals surface area (Å²) in [5.41, 5.74) is 0. The molecule has 1 aliphatic rings. The zero-order chi connectivity index (χ0) is 12.7. The van der Waals surface area contributed by atoms with Crippen LogP contribution in [-0.2, 0) is 14.3 Å². The van der Waals surface area contributed by atoms with Gasteiger partial charge in [-0.25, -0.2) is 0 Å². The maximum atomic E-state index is 12.2. The molecule has 1 aromatic carbocycles. The lowest BCUT2D eigenvalue weighted by molar-refractivity contribution is 0.306. The van der Waals surface area contributed by atoms with Crippen LogP contribution in [0.25, 0.3) is 0 Å². The Balaban J connectivity index is 2.44. The van der Waals surface area contributed by atoms with Gasteiger partial charge in [0.15, 0.2) is 0 Å². The minimum Gasteiger partial charge on any atom is -0.263 e. The number of hydrogen-bond acceptors (Lipinski definition) is 3. The minimum atomic E-state index is -3.58. The molecule has 5 heteroatoms. The van der Waals surface area contributed by atoms with Crippen molar-refractivity contribution in [3.05, 3.63) is 24.3 Å². The molecule has 0 spiro atoms. The highest BCUT2D eigenvalue weighted by molar-refractivity contribution is 7.87. The van der Waals surface area contributed by atoms with Crippen molar-refractivity contribution < 1.29 is 12.6 Å². The Morgan fingerprint density at radius 3 is 2.29 bits per heavy atom. The predicted molar refractivity (Wildman–Crippen MR) is 70.7 cm³/mol. The number of rotatable bonds is 4. The predicted octanol–water partition coefficient (Wildman–Crippen LogP) is 2.10. The van der Waals surface area contributed by atoms with E-state index >= 15 is 0 Å². The van der Waals surface area contributed by atoms with Gasteiger partial charge in [-0.15, -0.1) is 0 Å². The van der Waals surface area contributed by atoms with Gasteiger partial charge >= 0.3 is 0 Å². The van der Waals surface area contributed by atoms with E-state index in [1.54, 1.807) is 12.1 Å². The largest absolute Gasteiger partial charge is 0.297 e. The molecule has 0 N–H and O–H groups in total. The lowest BCUT2D eigenvalue weighted by Gasteiger charge is -2.20. The third kappa shape index (κ3) is 2.97. The molecule has 0 unspecified atom stereocenters.